The van der Waals surface area contributed by atoms with Gasteiger partial charge in [-0.15, -0.1) is 0 Å². The van der Waals surface area contributed by atoms with Crippen LogP contribution in [0.25, 0.3) is 0 Å². The molecule has 0 aromatic heterocycles. The molecule has 0 atom stereocenters. The van der Waals surface area contributed by atoms with Crippen molar-refractivity contribution in [3.05, 3.63) is 0 Å². The minimum atomic E-state index is -0.867. The summed E-state index contributed by atoms with van der Waals surface area (Å²) in [6.07, 6.45) is 2.53. The van der Waals surface area contributed by atoms with E-state index >= 15 is 0 Å². The maximum absolute atomic E-state index is 10.3. The number of hydrogen-bond acceptors (Lipinski definition) is 10. The average Bonchev–Trinajstić information content (AvgIpc) is 2.82. The molecule has 1 saturated heterocycles. The molecule has 11 heteroatoms. The molecule has 1 rings (SSSR count). The quantitative estimate of drug-likeness (QED) is 0.176. The van der Waals surface area contributed by atoms with Crippen molar-refractivity contribution in [2.75, 3.05) is 112 Å². The van der Waals surface area contributed by atoms with Crippen LogP contribution >= 0.6 is 0 Å². The molecule has 1 heterocycles. The third-order valence-corrected chi connectivity index (χ3v) is 4.56. The van der Waals surface area contributed by atoms with Crippen LogP contribution in [0.3, 0.4) is 0 Å². The second kappa shape index (κ2) is 24.2. The maximum atomic E-state index is 10.3. The number of carboxylic acids is 1. The SMILES string of the molecule is O=C(O)CCOCCOCCOCCOCCOCCOCCOCCOC1CCNCC1. The molecule has 0 unspecified atom stereocenters. The van der Waals surface area contributed by atoms with Gasteiger partial charge in [0.05, 0.1) is 112 Å². The van der Waals surface area contributed by atoms with E-state index in [1.54, 1.807) is 0 Å². The van der Waals surface area contributed by atoms with Crippen molar-refractivity contribution >= 4 is 5.97 Å². The lowest BCUT2D eigenvalue weighted by Crippen LogP contribution is -2.33. The highest BCUT2D eigenvalue weighted by atomic mass is 16.6. The Balaban J connectivity index is 1.63. The third-order valence-electron chi connectivity index (χ3n) is 4.56. The molecule has 11 nitrogen and oxygen atoms in total. The summed E-state index contributed by atoms with van der Waals surface area (Å²) in [5.41, 5.74) is 0. The summed E-state index contributed by atoms with van der Waals surface area (Å²) in [7, 11) is 0. The molecule has 1 fully saturated rings. The third kappa shape index (κ3) is 22.7. The van der Waals surface area contributed by atoms with Crippen LogP contribution in [0.15, 0.2) is 0 Å². The molecule has 0 radical (unpaired) electrons. The van der Waals surface area contributed by atoms with Gasteiger partial charge in [-0.1, -0.05) is 0 Å². The van der Waals surface area contributed by atoms with Gasteiger partial charge in [-0.2, -0.15) is 0 Å². The van der Waals surface area contributed by atoms with E-state index in [-0.39, 0.29) is 13.0 Å². The van der Waals surface area contributed by atoms with Gasteiger partial charge in [0, 0.05) is 0 Å². The Kier molecular flexibility index (Phi) is 22.1. The van der Waals surface area contributed by atoms with Crippen molar-refractivity contribution in [2.45, 2.75) is 25.4 Å². The van der Waals surface area contributed by atoms with Gasteiger partial charge in [0.15, 0.2) is 0 Å². The van der Waals surface area contributed by atoms with Crippen LogP contribution in [0.2, 0.25) is 0 Å². The highest BCUT2D eigenvalue weighted by molar-refractivity contribution is 5.66. The minimum absolute atomic E-state index is 0.00679. The van der Waals surface area contributed by atoms with Gasteiger partial charge in [-0.05, 0) is 25.9 Å². The molecule has 196 valence electrons. The zero-order valence-corrected chi connectivity index (χ0v) is 19.8. The summed E-state index contributed by atoms with van der Waals surface area (Å²) in [5, 5.41) is 11.8. The Labute approximate surface area is 197 Å². The van der Waals surface area contributed by atoms with Crippen LogP contribution in [0.4, 0.5) is 0 Å². The maximum Gasteiger partial charge on any atom is 0.305 e. The smallest absolute Gasteiger partial charge is 0.305 e. The Hall–Kier alpha value is -0.890. The van der Waals surface area contributed by atoms with Crippen LogP contribution in [0.5, 0.6) is 0 Å². The second-order valence-electron chi connectivity index (χ2n) is 7.25. The molecule has 0 aliphatic carbocycles. The van der Waals surface area contributed by atoms with E-state index in [9.17, 15) is 4.79 Å². The predicted molar refractivity (Wildman–Crippen MR) is 120 cm³/mol. The number of ether oxygens (including phenoxy) is 8. The molecule has 33 heavy (non-hydrogen) atoms. The van der Waals surface area contributed by atoms with Crippen molar-refractivity contribution < 1.29 is 47.8 Å². The first kappa shape index (κ1) is 30.1. The van der Waals surface area contributed by atoms with E-state index < -0.39 is 5.97 Å². The number of rotatable bonds is 25. The topological polar surface area (TPSA) is 123 Å². The Morgan fingerprint density at radius 2 is 0.909 bits per heavy atom. The summed E-state index contributed by atoms with van der Waals surface area (Å²) < 4.78 is 43.4. The number of carboxylic acid groups (broad SMARTS) is 1. The molecule has 0 spiro atoms. The standard InChI is InChI=1S/C22H43NO10/c24-22(25)3-6-26-7-8-27-9-10-28-11-12-29-13-14-30-15-16-31-17-18-32-19-20-33-21-1-4-23-5-2-21/h21,23H,1-20H2,(H,24,25). The van der Waals surface area contributed by atoms with Gasteiger partial charge in [0.2, 0.25) is 0 Å². The van der Waals surface area contributed by atoms with Crippen molar-refractivity contribution in [1.82, 2.24) is 5.32 Å². The van der Waals surface area contributed by atoms with Gasteiger partial charge in [0.1, 0.15) is 0 Å². The van der Waals surface area contributed by atoms with Gasteiger partial charge < -0.3 is 48.3 Å². The van der Waals surface area contributed by atoms with Crippen LogP contribution in [-0.2, 0) is 42.7 Å². The largest absolute Gasteiger partial charge is 0.481 e. The molecule has 1 aliphatic heterocycles. The Morgan fingerprint density at radius 1 is 0.576 bits per heavy atom. The average molecular weight is 482 g/mol. The molecule has 0 saturated carbocycles. The second-order valence-corrected chi connectivity index (χ2v) is 7.25. The fourth-order valence-corrected chi connectivity index (χ4v) is 2.82. The lowest BCUT2D eigenvalue weighted by atomic mass is 10.1. The number of carbonyl (C=O) groups is 1. The Morgan fingerprint density at radius 3 is 1.27 bits per heavy atom. The predicted octanol–water partition coefficient (Wildman–Crippen LogP) is 0.346. The molecule has 0 aromatic carbocycles. The Bertz CT molecular complexity index is 424. The normalized spacial score (nSPS) is 14.7. The highest BCUT2D eigenvalue weighted by Gasteiger charge is 2.12. The number of piperidine rings is 1. The highest BCUT2D eigenvalue weighted by Crippen LogP contribution is 2.06. The van der Waals surface area contributed by atoms with E-state index in [0.717, 1.165) is 25.9 Å². The summed E-state index contributed by atoms with van der Waals surface area (Å²) >= 11 is 0. The fraction of sp³-hybridized carbons (Fsp3) is 0.955. The fourth-order valence-electron chi connectivity index (χ4n) is 2.82. The van der Waals surface area contributed by atoms with Crippen LogP contribution in [0, 0.1) is 0 Å². The lowest BCUT2D eigenvalue weighted by Gasteiger charge is -2.22. The van der Waals surface area contributed by atoms with Gasteiger partial charge >= 0.3 is 5.97 Å². The van der Waals surface area contributed by atoms with E-state index in [1.165, 1.54) is 0 Å². The molecule has 0 amide bonds. The molecule has 1 aliphatic rings. The summed E-state index contributed by atoms with van der Waals surface area (Å²) in [6.45, 7) is 9.42. The molecular formula is C22H43NO10. The van der Waals surface area contributed by atoms with Crippen molar-refractivity contribution in [1.29, 1.82) is 0 Å². The summed E-state index contributed by atoms with van der Waals surface area (Å²) in [4.78, 5) is 10.3. The van der Waals surface area contributed by atoms with E-state index in [1.807, 2.05) is 0 Å². The van der Waals surface area contributed by atoms with Gasteiger partial charge in [-0.3, -0.25) is 4.79 Å². The zero-order chi connectivity index (χ0) is 23.7. The van der Waals surface area contributed by atoms with Gasteiger partial charge in [0.25, 0.3) is 0 Å². The summed E-state index contributed by atoms with van der Waals surface area (Å²) in [5.74, 6) is -0.867. The molecule has 0 aromatic rings. The minimum Gasteiger partial charge on any atom is -0.481 e. The first-order valence-electron chi connectivity index (χ1n) is 11.9. The van der Waals surface area contributed by atoms with Crippen molar-refractivity contribution in [3.63, 3.8) is 0 Å². The monoisotopic (exact) mass is 481 g/mol. The number of aliphatic carboxylic acids is 1. The van der Waals surface area contributed by atoms with Gasteiger partial charge in [-0.25, -0.2) is 0 Å². The van der Waals surface area contributed by atoms with Crippen LogP contribution < -0.4 is 5.32 Å². The first-order valence-corrected chi connectivity index (χ1v) is 11.9. The van der Waals surface area contributed by atoms with E-state index in [4.69, 9.17) is 43.0 Å². The van der Waals surface area contributed by atoms with Crippen LogP contribution in [0.1, 0.15) is 19.3 Å². The van der Waals surface area contributed by atoms with E-state index in [0.29, 0.717) is 98.6 Å². The van der Waals surface area contributed by atoms with Crippen molar-refractivity contribution in [3.8, 4) is 0 Å². The van der Waals surface area contributed by atoms with Crippen LogP contribution in [-0.4, -0.2) is 129 Å². The molecular weight excluding hydrogens is 438 g/mol. The molecule has 2 N–H and O–H groups in total. The lowest BCUT2D eigenvalue weighted by molar-refractivity contribution is -0.138. The number of hydrogen-bond donors (Lipinski definition) is 2. The summed E-state index contributed by atoms with van der Waals surface area (Å²) in [6, 6.07) is 0. The number of nitrogens with one attached hydrogen (secondary N) is 1. The first-order chi connectivity index (χ1) is 16.3. The van der Waals surface area contributed by atoms with Crippen molar-refractivity contribution in [2.24, 2.45) is 0 Å². The zero-order valence-electron chi connectivity index (χ0n) is 19.8. The van der Waals surface area contributed by atoms with E-state index in [2.05, 4.69) is 5.32 Å². The molecule has 0 bridgehead atoms.